The Morgan fingerprint density at radius 2 is 1.70 bits per heavy atom. The van der Waals surface area contributed by atoms with Gasteiger partial charge in [0.15, 0.2) is 5.60 Å². The molecule has 0 heterocycles. The average molecular weight is 352 g/mol. The van der Waals surface area contributed by atoms with E-state index in [2.05, 4.69) is 5.32 Å². The van der Waals surface area contributed by atoms with Crippen LogP contribution in [0.25, 0.3) is 0 Å². The minimum atomic E-state index is -1.06. The number of nitrogens with one attached hydrogen (secondary N) is 1. The van der Waals surface area contributed by atoms with E-state index < -0.39 is 5.60 Å². The average Bonchev–Trinajstić information content (AvgIpc) is 2.44. The Hall–Kier alpha value is -1.71. The van der Waals surface area contributed by atoms with Crippen LogP contribution in [0.4, 0.5) is 5.69 Å². The van der Waals surface area contributed by atoms with Gasteiger partial charge in [-0.1, -0.05) is 29.3 Å². The molecule has 0 atom stereocenters. The van der Waals surface area contributed by atoms with Crippen LogP contribution in [-0.2, 0) is 4.79 Å². The van der Waals surface area contributed by atoms with Crippen molar-refractivity contribution in [3.8, 4) is 5.75 Å². The van der Waals surface area contributed by atoms with Crippen LogP contribution < -0.4 is 10.1 Å². The number of halogens is 2. The summed E-state index contributed by atoms with van der Waals surface area (Å²) in [4.78, 5) is 12.6. The summed E-state index contributed by atoms with van der Waals surface area (Å²) in [5.41, 5.74) is 1.50. The predicted molar refractivity (Wildman–Crippen MR) is 95.7 cm³/mol. The zero-order chi connectivity index (χ0) is 17.2. The first-order chi connectivity index (χ1) is 10.7. The van der Waals surface area contributed by atoms with Gasteiger partial charge in [0, 0.05) is 5.02 Å². The fourth-order valence-electron chi connectivity index (χ4n) is 2.18. The number of anilines is 1. The molecule has 0 aliphatic carbocycles. The Kier molecular flexibility index (Phi) is 5.23. The van der Waals surface area contributed by atoms with Gasteiger partial charge in [-0.05, 0) is 69.2 Å². The number of carbonyl (C=O) groups excluding carboxylic acids is 1. The zero-order valence-corrected chi connectivity index (χ0v) is 15.0. The predicted octanol–water partition coefficient (Wildman–Crippen LogP) is 5.41. The second kappa shape index (κ2) is 6.81. The van der Waals surface area contributed by atoms with Crippen molar-refractivity contribution in [2.75, 3.05) is 5.32 Å². The van der Waals surface area contributed by atoms with E-state index >= 15 is 0 Å². The van der Waals surface area contributed by atoms with Crippen molar-refractivity contribution in [2.24, 2.45) is 0 Å². The molecule has 0 aromatic heterocycles. The van der Waals surface area contributed by atoms with E-state index in [1.54, 1.807) is 38.1 Å². The summed E-state index contributed by atoms with van der Waals surface area (Å²) >= 11 is 12.1. The maximum Gasteiger partial charge on any atom is 0.268 e. The molecule has 0 saturated carbocycles. The minimum absolute atomic E-state index is 0.277. The lowest BCUT2D eigenvalue weighted by Crippen LogP contribution is -2.42. The Morgan fingerprint density at radius 3 is 2.26 bits per heavy atom. The fourth-order valence-corrected chi connectivity index (χ4v) is 2.68. The monoisotopic (exact) mass is 351 g/mol. The quantitative estimate of drug-likeness (QED) is 0.799. The summed E-state index contributed by atoms with van der Waals surface area (Å²) in [5, 5.41) is 3.98. The molecule has 0 aliphatic rings. The van der Waals surface area contributed by atoms with Crippen molar-refractivity contribution in [3.05, 3.63) is 57.6 Å². The summed E-state index contributed by atoms with van der Waals surface area (Å²) in [6.07, 6.45) is 0. The number of amides is 1. The Morgan fingerprint density at radius 1 is 1.09 bits per heavy atom. The van der Waals surface area contributed by atoms with E-state index in [4.69, 9.17) is 27.9 Å². The van der Waals surface area contributed by atoms with Gasteiger partial charge in [0.2, 0.25) is 0 Å². The van der Waals surface area contributed by atoms with E-state index in [9.17, 15) is 4.79 Å². The largest absolute Gasteiger partial charge is 0.478 e. The molecule has 0 bridgehead atoms. The standard InChI is InChI=1S/C18H19Cl2NO2/c1-11-9-12(2)16(15(20)10-11)21-17(22)18(3,4)23-14-7-5-13(19)6-8-14/h5-10H,1-4H3,(H,21,22). The molecule has 0 spiro atoms. The third-order valence-corrected chi connectivity index (χ3v) is 3.95. The molecular formula is C18H19Cl2NO2. The van der Waals surface area contributed by atoms with Gasteiger partial charge < -0.3 is 10.1 Å². The van der Waals surface area contributed by atoms with Gasteiger partial charge >= 0.3 is 0 Å². The maximum atomic E-state index is 12.6. The zero-order valence-electron chi connectivity index (χ0n) is 13.5. The highest BCUT2D eigenvalue weighted by molar-refractivity contribution is 6.34. The van der Waals surface area contributed by atoms with Crippen molar-refractivity contribution >= 4 is 34.8 Å². The summed E-state index contributed by atoms with van der Waals surface area (Å²) in [6.45, 7) is 7.27. The smallest absolute Gasteiger partial charge is 0.268 e. The van der Waals surface area contributed by atoms with E-state index in [1.165, 1.54) is 0 Å². The Balaban J connectivity index is 2.17. The van der Waals surface area contributed by atoms with Crippen LogP contribution in [0.2, 0.25) is 10.0 Å². The van der Waals surface area contributed by atoms with Crippen LogP contribution in [0.5, 0.6) is 5.75 Å². The third kappa shape index (κ3) is 4.40. The second-order valence-electron chi connectivity index (χ2n) is 5.96. The Labute approximate surface area is 146 Å². The third-order valence-electron chi connectivity index (χ3n) is 3.40. The van der Waals surface area contributed by atoms with Gasteiger partial charge in [-0.25, -0.2) is 0 Å². The number of aryl methyl sites for hydroxylation is 2. The maximum absolute atomic E-state index is 12.6. The summed E-state index contributed by atoms with van der Waals surface area (Å²) < 4.78 is 5.78. The number of carbonyl (C=O) groups is 1. The van der Waals surface area contributed by atoms with Crippen LogP contribution in [0.3, 0.4) is 0 Å². The molecule has 1 amide bonds. The lowest BCUT2D eigenvalue weighted by Gasteiger charge is -2.26. The van der Waals surface area contributed by atoms with Gasteiger partial charge in [0.05, 0.1) is 10.7 Å². The fraction of sp³-hybridized carbons (Fsp3) is 0.278. The molecular weight excluding hydrogens is 333 g/mol. The lowest BCUT2D eigenvalue weighted by atomic mass is 10.1. The van der Waals surface area contributed by atoms with Crippen LogP contribution in [-0.4, -0.2) is 11.5 Å². The van der Waals surface area contributed by atoms with Crippen LogP contribution in [0.15, 0.2) is 36.4 Å². The molecule has 0 fully saturated rings. The molecule has 0 saturated heterocycles. The first-order valence-corrected chi connectivity index (χ1v) is 7.97. The molecule has 0 radical (unpaired) electrons. The first-order valence-electron chi connectivity index (χ1n) is 7.22. The summed E-state index contributed by atoms with van der Waals surface area (Å²) in [7, 11) is 0. The lowest BCUT2D eigenvalue weighted by molar-refractivity contribution is -0.128. The summed E-state index contributed by atoms with van der Waals surface area (Å²) in [6, 6.07) is 10.7. The molecule has 2 aromatic carbocycles. The van der Waals surface area contributed by atoms with E-state index in [1.807, 2.05) is 26.0 Å². The van der Waals surface area contributed by atoms with Crippen LogP contribution in [0.1, 0.15) is 25.0 Å². The molecule has 3 nitrogen and oxygen atoms in total. The number of benzene rings is 2. The highest BCUT2D eigenvalue weighted by atomic mass is 35.5. The summed E-state index contributed by atoms with van der Waals surface area (Å²) in [5.74, 6) is 0.294. The normalized spacial score (nSPS) is 11.2. The molecule has 2 rings (SSSR count). The molecule has 122 valence electrons. The van der Waals surface area contributed by atoms with Crippen molar-refractivity contribution in [1.82, 2.24) is 0 Å². The minimum Gasteiger partial charge on any atom is -0.478 e. The number of hydrogen-bond acceptors (Lipinski definition) is 2. The molecule has 2 aromatic rings. The topological polar surface area (TPSA) is 38.3 Å². The van der Waals surface area contributed by atoms with Gasteiger partial charge in [-0.2, -0.15) is 0 Å². The number of rotatable bonds is 4. The molecule has 1 N–H and O–H groups in total. The SMILES string of the molecule is Cc1cc(C)c(NC(=O)C(C)(C)Oc2ccc(Cl)cc2)c(Cl)c1. The van der Waals surface area contributed by atoms with Gasteiger partial charge in [0.25, 0.3) is 5.91 Å². The molecule has 0 aliphatic heterocycles. The van der Waals surface area contributed by atoms with Gasteiger partial charge in [0.1, 0.15) is 5.75 Å². The molecule has 23 heavy (non-hydrogen) atoms. The number of hydrogen-bond donors (Lipinski definition) is 1. The van der Waals surface area contributed by atoms with Crippen molar-refractivity contribution in [2.45, 2.75) is 33.3 Å². The molecule has 5 heteroatoms. The highest BCUT2D eigenvalue weighted by Crippen LogP contribution is 2.29. The van der Waals surface area contributed by atoms with Gasteiger partial charge in [-0.15, -0.1) is 0 Å². The van der Waals surface area contributed by atoms with E-state index in [-0.39, 0.29) is 5.91 Å². The molecule has 0 unspecified atom stereocenters. The highest BCUT2D eigenvalue weighted by Gasteiger charge is 2.30. The van der Waals surface area contributed by atoms with Crippen molar-refractivity contribution < 1.29 is 9.53 Å². The number of ether oxygens (including phenoxy) is 1. The first kappa shape index (κ1) is 17.6. The van der Waals surface area contributed by atoms with Crippen LogP contribution in [0, 0.1) is 13.8 Å². The van der Waals surface area contributed by atoms with Gasteiger partial charge in [-0.3, -0.25) is 4.79 Å². The van der Waals surface area contributed by atoms with E-state index in [0.717, 1.165) is 11.1 Å². The Bertz CT molecular complexity index is 701. The second-order valence-corrected chi connectivity index (χ2v) is 6.80. The van der Waals surface area contributed by atoms with Crippen molar-refractivity contribution in [3.63, 3.8) is 0 Å². The van der Waals surface area contributed by atoms with E-state index in [0.29, 0.717) is 21.5 Å². The van der Waals surface area contributed by atoms with Crippen LogP contribution >= 0.6 is 23.2 Å². The van der Waals surface area contributed by atoms with Crippen molar-refractivity contribution in [1.29, 1.82) is 0 Å².